The predicted molar refractivity (Wildman–Crippen MR) is 75.7 cm³/mol. The Morgan fingerprint density at radius 1 is 1.35 bits per heavy atom. The molecular formula is C16H23F2NO. The van der Waals surface area contributed by atoms with Crippen LogP contribution < -0.4 is 5.32 Å². The number of halogens is 2. The Morgan fingerprint density at radius 2 is 2.10 bits per heavy atom. The van der Waals surface area contributed by atoms with E-state index < -0.39 is 11.6 Å². The molecule has 0 heterocycles. The number of methoxy groups -OCH3 is 1. The normalized spacial score (nSPS) is 18.0. The van der Waals surface area contributed by atoms with Crippen LogP contribution in [0.15, 0.2) is 18.2 Å². The smallest absolute Gasteiger partial charge is 0.162 e. The molecule has 0 aliphatic heterocycles. The van der Waals surface area contributed by atoms with Gasteiger partial charge in [-0.1, -0.05) is 19.1 Å². The minimum atomic E-state index is -0.780. The lowest BCUT2D eigenvalue weighted by molar-refractivity contribution is 0.0508. The third-order valence-electron chi connectivity index (χ3n) is 3.88. The average Bonchev–Trinajstić information content (AvgIpc) is 3.26. The number of ether oxygens (including phenoxy) is 1. The molecule has 112 valence electrons. The Kier molecular flexibility index (Phi) is 5.49. The lowest BCUT2D eigenvalue weighted by Crippen LogP contribution is -2.44. The number of hydrogen-bond donors (Lipinski definition) is 1. The quantitative estimate of drug-likeness (QED) is 0.790. The molecule has 0 aromatic heterocycles. The number of benzene rings is 1. The van der Waals surface area contributed by atoms with Crippen LogP contribution in [0.25, 0.3) is 0 Å². The second-order valence-electron chi connectivity index (χ2n) is 5.52. The maximum absolute atomic E-state index is 13.8. The molecule has 1 fully saturated rings. The van der Waals surface area contributed by atoms with E-state index in [1.807, 2.05) is 0 Å². The number of hydrogen-bond acceptors (Lipinski definition) is 2. The van der Waals surface area contributed by atoms with E-state index in [2.05, 4.69) is 12.2 Å². The summed E-state index contributed by atoms with van der Waals surface area (Å²) in [5.41, 5.74) is 0.418. The van der Waals surface area contributed by atoms with Crippen LogP contribution >= 0.6 is 0 Å². The van der Waals surface area contributed by atoms with Crippen molar-refractivity contribution in [2.75, 3.05) is 13.7 Å². The van der Waals surface area contributed by atoms with Crippen LogP contribution in [0.4, 0.5) is 8.78 Å². The van der Waals surface area contributed by atoms with Gasteiger partial charge in [0.05, 0.1) is 6.10 Å². The first-order valence-corrected chi connectivity index (χ1v) is 7.36. The molecule has 2 atom stereocenters. The van der Waals surface area contributed by atoms with Crippen LogP contribution in [0.2, 0.25) is 0 Å². The van der Waals surface area contributed by atoms with Crippen molar-refractivity contribution in [3.8, 4) is 0 Å². The van der Waals surface area contributed by atoms with Crippen LogP contribution in [0.5, 0.6) is 0 Å². The molecule has 1 N–H and O–H groups in total. The van der Waals surface area contributed by atoms with Gasteiger partial charge in [0, 0.05) is 13.2 Å². The summed E-state index contributed by atoms with van der Waals surface area (Å²) in [6.07, 6.45) is 3.86. The van der Waals surface area contributed by atoms with Gasteiger partial charge >= 0.3 is 0 Å². The van der Waals surface area contributed by atoms with E-state index in [1.165, 1.54) is 0 Å². The zero-order valence-corrected chi connectivity index (χ0v) is 12.2. The van der Waals surface area contributed by atoms with Crippen molar-refractivity contribution in [2.45, 2.75) is 44.8 Å². The summed E-state index contributed by atoms with van der Waals surface area (Å²) < 4.78 is 32.7. The molecule has 2 rings (SSSR count). The number of rotatable bonds is 8. The van der Waals surface area contributed by atoms with Crippen molar-refractivity contribution in [2.24, 2.45) is 5.92 Å². The molecule has 0 amide bonds. The van der Waals surface area contributed by atoms with Gasteiger partial charge in [-0.3, -0.25) is 0 Å². The molecular weight excluding hydrogens is 260 g/mol. The maximum Gasteiger partial charge on any atom is 0.162 e. The molecule has 2 nitrogen and oxygen atoms in total. The summed E-state index contributed by atoms with van der Waals surface area (Å²) >= 11 is 0. The predicted octanol–water partition coefficient (Wildman–Crippen LogP) is 3.30. The van der Waals surface area contributed by atoms with Crippen molar-refractivity contribution >= 4 is 0 Å². The van der Waals surface area contributed by atoms with Crippen molar-refractivity contribution in [1.29, 1.82) is 0 Å². The van der Waals surface area contributed by atoms with Gasteiger partial charge in [0.25, 0.3) is 0 Å². The standard InChI is InChI=1S/C16H23F2NO/c1-3-9-19-14(16(20-2)11-7-8-11)10-12-5-4-6-13(17)15(12)18/h4-6,11,14,16,19H,3,7-10H2,1-2H3. The second kappa shape index (κ2) is 7.14. The monoisotopic (exact) mass is 283 g/mol. The molecule has 1 aliphatic carbocycles. The van der Waals surface area contributed by atoms with Crippen molar-refractivity contribution in [3.63, 3.8) is 0 Å². The summed E-state index contributed by atoms with van der Waals surface area (Å²) in [4.78, 5) is 0. The minimum Gasteiger partial charge on any atom is -0.380 e. The fourth-order valence-electron chi connectivity index (χ4n) is 2.69. The Hall–Kier alpha value is -1.00. The van der Waals surface area contributed by atoms with Gasteiger partial charge in [-0.25, -0.2) is 8.78 Å². The number of nitrogens with one attached hydrogen (secondary N) is 1. The summed E-state index contributed by atoms with van der Waals surface area (Å²) in [5.74, 6) is -0.968. The Labute approximate surface area is 119 Å². The van der Waals surface area contributed by atoms with Gasteiger partial charge in [-0.2, -0.15) is 0 Å². The Bertz CT molecular complexity index is 434. The van der Waals surface area contributed by atoms with Crippen LogP contribution in [0.1, 0.15) is 31.7 Å². The molecule has 0 radical (unpaired) electrons. The maximum atomic E-state index is 13.8. The van der Waals surface area contributed by atoms with Crippen molar-refractivity contribution in [1.82, 2.24) is 5.32 Å². The van der Waals surface area contributed by atoms with Crippen molar-refractivity contribution in [3.05, 3.63) is 35.4 Å². The minimum absolute atomic E-state index is 0.0312. The molecule has 1 aromatic carbocycles. The molecule has 0 spiro atoms. The zero-order chi connectivity index (χ0) is 14.5. The van der Waals surface area contributed by atoms with E-state index in [0.29, 0.717) is 17.9 Å². The molecule has 0 bridgehead atoms. The second-order valence-corrected chi connectivity index (χ2v) is 5.52. The van der Waals surface area contributed by atoms with Crippen LogP contribution in [-0.2, 0) is 11.2 Å². The first-order valence-electron chi connectivity index (χ1n) is 7.36. The molecule has 1 aromatic rings. The highest BCUT2D eigenvalue weighted by atomic mass is 19.2. The van der Waals surface area contributed by atoms with E-state index >= 15 is 0 Å². The third kappa shape index (κ3) is 3.76. The molecule has 0 saturated heterocycles. The lowest BCUT2D eigenvalue weighted by Gasteiger charge is -2.27. The molecule has 2 unspecified atom stereocenters. The highest BCUT2D eigenvalue weighted by Gasteiger charge is 2.36. The molecule has 1 saturated carbocycles. The largest absolute Gasteiger partial charge is 0.380 e. The fraction of sp³-hybridized carbons (Fsp3) is 0.625. The van der Waals surface area contributed by atoms with Gasteiger partial charge in [0.15, 0.2) is 11.6 Å². The van der Waals surface area contributed by atoms with Crippen molar-refractivity contribution < 1.29 is 13.5 Å². The van der Waals surface area contributed by atoms with E-state index in [9.17, 15) is 8.78 Å². The lowest BCUT2D eigenvalue weighted by atomic mass is 9.97. The van der Waals surface area contributed by atoms with E-state index in [1.54, 1.807) is 19.2 Å². The summed E-state index contributed by atoms with van der Waals surface area (Å²) in [5, 5.41) is 3.42. The Morgan fingerprint density at radius 3 is 2.70 bits per heavy atom. The van der Waals surface area contributed by atoms with Gasteiger partial charge in [-0.15, -0.1) is 0 Å². The first-order chi connectivity index (χ1) is 9.67. The zero-order valence-electron chi connectivity index (χ0n) is 12.2. The molecule has 4 heteroatoms. The van der Waals surface area contributed by atoms with E-state index in [4.69, 9.17) is 4.74 Å². The van der Waals surface area contributed by atoms with E-state index in [0.717, 1.165) is 31.9 Å². The van der Waals surface area contributed by atoms with Crippen LogP contribution in [0.3, 0.4) is 0 Å². The molecule has 20 heavy (non-hydrogen) atoms. The fourth-order valence-corrected chi connectivity index (χ4v) is 2.69. The summed E-state index contributed by atoms with van der Waals surface area (Å²) in [6, 6.07) is 4.40. The van der Waals surface area contributed by atoms with Crippen LogP contribution in [-0.4, -0.2) is 25.8 Å². The van der Waals surface area contributed by atoms with Gasteiger partial charge < -0.3 is 10.1 Å². The third-order valence-corrected chi connectivity index (χ3v) is 3.88. The van der Waals surface area contributed by atoms with Gasteiger partial charge in [0.2, 0.25) is 0 Å². The topological polar surface area (TPSA) is 21.3 Å². The average molecular weight is 283 g/mol. The summed E-state index contributed by atoms with van der Waals surface area (Å²) in [7, 11) is 1.70. The van der Waals surface area contributed by atoms with E-state index in [-0.39, 0.29) is 12.1 Å². The SMILES string of the molecule is CCCNC(Cc1cccc(F)c1F)C(OC)C1CC1. The molecule has 1 aliphatic rings. The summed E-state index contributed by atoms with van der Waals surface area (Å²) in [6.45, 7) is 2.94. The van der Waals surface area contributed by atoms with Gasteiger partial charge in [-0.05, 0) is 49.8 Å². The van der Waals surface area contributed by atoms with Gasteiger partial charge in [0.1, 0.15) is 0 Å². The Balaban J connectivity index is 2.11. The highest BCUT2D eigenvalue weighted by Crippen LogP contribution is 2.36. The highest BCUT2D eigenvalue weighted by molar-refractivity contribution is 5.20. The van der Waals surface area contributed by atoms with Crippen LogP contribution in [0, 0.1) is 17.6 Å². The first kappa shape index (κ1) is 15.4.